The molecule has 4 aromatic rings. The van der Waals surface area contributed by atoms with Gasteiger partial charge in [-0.1, -0.05) is 23.4 Å². The van der Waals surface area contributed by atoms with Crippen LogP contribution in [0.25, 0.3) is 22.3 Å². The van der Waals surface area contributed by atoms with Gasteiger partial charge in [0.25, 0.3) is 0 Å². The van der Waals surface area contributed by atoms with Crippen molar-refractivity contribution < 1.29 is 9.84 Å². The molecule has 0 saturated carbocycles. The van der Waals surface area contributed by atoms with Crippen molar-refractivity contribution in [3.63, 3.8) is 0 Å². The van der Waals surface area contributed by atoms with E-state index in [1.807, 2.05) is 34.9 Å². The monoisotopic (exact) mass is 401 g/mol. The SMILES string of the molecule is COc1ccc2c(n1)-c1c(O)n(Cc3ccc(Cl)s3)c3nccc(c13)S2. The van der Waals surface area contributed by atoms with E-state index in [0.29, 0.717) is 18.0 Å². The number of ether oxygens (including phenoxy) is 1. The summed E-state index contributed by atoms with van der Waals surface area (Å²) in [5, 5.41) is 12.0. The van der Waals surface area contributed by atoms with Crippen LogP contribution in [0.3, 0.4) is 0 Å². The molecule has 0 unspecified atom stereocenters. The van der Waals surface area contributed by atoms with E-state index in [0.717, 1.165) is 35.7 Å². The molecule has 26 heavy (non-hydrogen) atoms. The van der Waals surface area contributed by atoms with Crippen LogP contribution in [0, 0.1) is 0 Å². The maximum atomic E-state index is 11.1. The van der Waals surface area contributed by atoms with Gasteiger partial charge in [-0.3, -0.25) is 4.57 Å². The summed E-state index contributed by atoms with van der Waals surface area (Å²) in [6, 6.07) is 9.59. The molecule has 0 spiro atoms. The molecule has 0 atom stereocenters. The molecule has 0 saturated heterocycles. The number of thiophene rings is 1. The Hall–Kier alpha value is -2.22. The number of aromatic hydroxyl groups is 1. The maximum absolute atomic E-state index is 11.1. The van der Waals surface area contributed by atoms with Gasteiger partial charge in [0.15, 0.2) is 0 Å². The van der Waals surface area contributed by atoms with E-state index in [2.05, 4.69) is 9.97 Å². The van der Waals surface area contributed by atoms with Crippen LogP contribution in [0.15, 0.2) is 46.3 Å². The summed E-state index contributed by atoms with van der Waals surface area (Å²) in [6.45, 7) is 0.500. The quantitative estimate of drug-likeness (QED) is 0.459. The Morgan fingerprint density at radius 2 is 2.08 bits per heavy atom. The average molecular weight is 402 g/mol. The predicted molar refractivity (Wildman–Crippen MR) is 104 cm³/mol. The van der Waals surface area contributed by atoms with Crippen molar-refractivity contribution in [2.24, 2.45) is 0 Å². The van der Waals surface area contributed by atoms with Gasteiger partial charge in [0, 0.05) is 32.3 Å². The number of pyridine rings is 2. The molecule has 1 N–H and O–H groups in total. The van der Waals surface area contributed by atoms with Crippen molar-refractivity contribution in [3.05, 3.63) is 45.7 Å². The lowest BCUT2D eigenvalue weighted by atomic mass is 10.1. The Balaban J connectivity index is 1.78. The first-order valence-electron chi connectivity index (χ1n) is 7.83. The fraction of sp³-hybridized carbons (Fsp3) is 0.111. The minimum Gasteiger partial charge on any atom is -0.494 e. The summed E-state index contributed by atoms with van der Waals surface area (Å²) in [5.41, 5.74) is 2.17. The maximum Gasteiger partial charge on any atom is 0.213 e. The van der Waals surface area contributed by atoms with Crippen LogP contribution in [0.4, 0.5) is 0 Å². The minimum atomic E-state index is 0.159. The number of nitrogens with zero attached hydrogens (tertiary/aromatic N) is 3. The zero-order chi connectivity index (χ0) is 17.8. The Labute approximate surface area is 162 Å². The van der Waals surface area contributed by atoms with E-state index in [9.17, 15) is 5.11 Å². The Kier molecular flexibility index (Phi) is 3.63. The van der Waals surface area contributed by atoms with E-state index in [-0.39, 0.29) is 5.88 Å². The standard InChI is InChI=1S/C18H12ClN3O2S2/c1-24-13-5-3-11-16(21-13)15-14-10(26-11)6-7-20-17(14)22(18(15)23)8-9-2-4-12(19)25-9/h2-7,23H,8H2,1H3. The number of aromatic nitrogens is 3. The van der Waals surface area contributed by atoms with Gasteiger partial charge in [-0.2, -0.15) is 0 Å². The largest absolute Gasteiger partial charge is 0.494 e. The predicted octanol–water partition coefficient (Wildman–Crippen LogP) is 5.04. The number of methoxy groups -OCH3 is 1. The lowest BCUT2D eigenvalue weighted by molar-refractivity contribution is 0.397. The highest BCUT2D eigenvalue weighted by Gasteiger charge is 2.29. The molecule has 5 nitrogen and oxygen atoms in total. The summed E-state index contributed by atoms with van der Waals surface area (Å²) in [5.74, 6) is 0.675. The highest BCUT2D eigenvalue weighted by atomic mass is 35.5. The average Bonchev–Trinajstić information content (AvgIpc) is 3.19. The highest BCUT2D eigenvalue weighted by Crippen LogP contribution is 2.51. The van der Waals surface area contributed by atoms with Gasteiger partial charge in [-0.15, -0.1) is 11.3 Å². The van der Waals surface area contributed by atoms with E-state index in [1.54, 1.807) is 25.1 Å². The normalized spacial score (nSPS) is 12.4. The zero-order valence-electron chi connectivity index (χ0n) is 13.6. The smallest absolute Gasteiger partial charge is 0.213 e. The van der Waals surface area contributed by atoms with Gasteiger partial charge in [0.2, 0.25) is 11.8 Å². The minimum absolute atomic E-state index is 0.159. The summed E-state index contributed by atoms with van der Waals surface area (Å²) in [6.07, 6.45) is 1.77. The second-order valence-electron chi connectivity index (χ2n) is 5.80. The van der Waals surface area contributed by atoms with Crippen LogP contribution in [0.1, 0.15) is 4.88 Å². The molecule has 5 heterocycles. The van der Waals surface area contributed by atoms with Gasteiger partial charge < -0.3 is 9.84 Å². The lowest BCUT2D eigenvalue weighted by Crippen LogP contribution is -1.98. The molecular formula is C18H12ClN3O2S2. The molecule has 0 fully saturated rings. The molecule has 0 aromatic carbocycles. The number of fused-ring (bicyclic) bond motifs is 2. The summed E-state index contributed by atoms with van der Waals surface area (Å²) >= 11 is 9.18. The molecule has 5 rings (SSSR count). The molecular weight excluding hydrogens is 390 g/mol. The number of halogens is 1. The Bertz CT molecular complexity index is 1170. The third-order valence-electron chi connectivity index (χ3n) is 4.32. The first-order chi connectivity index (χ1) is 12.7. The van der Waals surface area contributed by atoms with Gasteiger partial charge in [0.05, 0.1) is 29.2 Å². The van der Waals surface area contributed by atoms with Crippen molar-refractivity contribution in [2.45, 2.75) is 16.3 Å². The van der Waals surface area contributed by atoms with Crippen LogP contribution in [0.2, 0.25) is 4.34 Å². The second-order valence-corrected chi connectivity index (χ2v) is 8.68. The van der Waals surface area contributed by atoms with E-state index < -0.39 is 0 Å². The van der Waals surface area contributed by atoms with Crippen molar-refractivity contribution in [1.29, 1.82) is 0 Å². The summed E-state index contributed by atoms with van der Waals surface area (Å²) in [4.78, 5) is 12.2. The van der Waals surface area contributed by atoms with Crippen LogP contribution in [-0.2, 0) is 6.54 Å². The molecule has 1 aliphatic heterocycles. The summed E-state index contributed by atoms with van der Waals surface area (Å²) in [7, 11) is 1.58. The fourth-order valence-corrected chi connectivity index (χ4v) is 5.31. The number of hydrogen-bond acceptors (Lipinski definition) is 6. The van der Waals surface area contributed by atoms with E-state index >= 15 is 0 Å². The third-order valence-corrected chi connectivity index (χ3v) is 6.64. The first-order valence-corrected chi connectivity index (χ1v) is 9.84. The lowest BCUT2D eigenvalue weighted by Gasteiger charge is -2.15. The molecule has 0 bridgehead atoms. The van der Waals surface area contributed by atoms with Gasteiger partial charge in [-0.25, -0.2) is 9.97 Å². The summed E-state index contributed by atoms with van der Waals surface area (Å²) < 4.78 is 7.81. The molecule has 130 valence electrons. The number of rotatable bonds is 3. The highest BCUT2D eigenvalue weighted by molar-refractivity contribution is 7.99. The van der Waals surface area contributed by atoms with Crippen LogP contribution >= 0.6 is 34.7 Å². The van der Waals surface area contributed by atoms with Crippen molar-refractivity contribution >= 4 is 45.7 Å². The topological polar surface area (TPSA) is 60.2 Å². The number of hydrogen-bond donors (Lipinski definition) is 1. The third kappa shape index (κ3) is 2.31. The molecule has 8 heteroatoms. The Morgan fingerprint density at radius 1 is 1.19 bits per heavy atom. The van der Waals surface area contributed by atoms with Crippen LogP contribution in [0.5, 0.6) is 11.8 Å². The fourth-order valence-electron chi connectivity index (χ4n) is 3.19. The second kappa shape index (κ2) is 5.90. The molecule has 4 aromatic heterocycles. The van der Waals surface area contributed by atoms with E-state index in [4.69, 9.17) is 16.3 Å². The van der Waals surface area contributed by atoms with Crippen molar-refractivity contribution in [2.75, 3.05) is 7.11 Å². The molecule has 0 amide bonds. The van der Waals surface area contributed by atoms with Crippen molar-refractivity contribution in [3.8, 4) is 23.0 Å². The molecule has 1 aliphatic rings. The molecule has 0 radical (unpaired) electrons. The van der Waals surface area contributed by atoms with Gasteiger partial charge in [-0.05, 0) is 24.3 Å². The van der Waals surface area contributed by atoms with Gasteiger partial charge >= 0.3 is 0 Å². The van der Waals surface area contributed by atoms with E-state index in [1.165, 1.54) is 11.3 Å². The van der Waals surface area contributed by atoms with Gasteiger partial charge in [0.1, 0.15) is 5.65 Å². The van der Waals surface area contributed by atoms with Crippen LogP contribution in [-0.4, -0.2) is 26.8 Å². The van der Waals surface area contributed by atoms with Crippen LogP contribution < -0.4 is 4.74 Å². The first kappa shape index (κ1) is 16.0. The van der Waals surface area contributed by atoms with Crippen molar-refractivity contribution in [1.82, 2.24) is 14.5 Å². The molecule has 0 aliphatic carbocycles. The zero-order valence-corrected chi connectivity index (χ0v) is 16.0. The Morgan fingerprint density at radius 3 is 2.85 bits per heavy atom.